The predicted octanol–water partition coefficient (Wildman–Crippen LogP) is 5.39. The van der Waals surface area contributed by atoms with Crippen LogP contribution in [-0.4, -0.2) is 19.9 Å². The average Bonchev–Trinajstić information content (AvgIpc) is 3.27. The molecule has 3 aromatic carbocycles. The van der Waals surface area contributed by atoms with Gasteiger partial charge in [-0.15, -0.1) is 11.3 Å². The smallest absolute Gasteiger partial charge is 0.339 e. The number of nitro groups is 1. The first kappa shape index (κ1) is 21.0. The van der Waals surface area contributed by atoms with Gasteiger partial charge in [0.1, 0.15) is 10.6 Å². The minimum Gasteiger partial charge on any atom is -0.379 e. The van der Waals surface area contributed by atoms with E-state index in [1.807, 2.05) is 48.7 Å². The van der Waals surface area contributed by atoms with E-state index in [2.05, 4.69) is 0 Å². The molecule has 0 saturated carbocycles. The van der Waals surface area contributed by atoms with Gasteiger partial charge < -0.3 is 4.18 Å². The summed E-state index contributed by atoms with van der Waals surface area (Å²) >= 11 is 1.39. The van der Waals surface area contributed by atoms with Crippen LogP contribution in [0.25, 0.3) is 10.8 Å². The van der Waals surface area contributed by atoms with Gasteiger partial charge in [-0.2, -0.15) is 8.42 Å². The lowest BCUT2D eigenvalue weighted by Gasteiger charge is -2.19. The van der Waals surface area contributed by atoms with Gasteiger partial charge in [0.15, 0.2) is 0 Å². The van der Waals surface area contributed by atoms with Crippen molar-refractivity contribution in [1.29, 1.82) is 0 Å². The van der Waals surface area contributed by atoms with E-state index >= 15 is 0 Å². The summed E-state index contributed by atoms with van der Waals surface area (Å²) in [5, 5.41) is 14.9. The van der Waals surface area contributed by atoms with Gasteiger partial charge in [-0.3, -0.25) is 10.1 Å². The van der Waals surface area contributed by atoms with Crippen LogP contribution in [0.2, 0.25) is 0 Å². The van der Waals surface area contributed by atoms with Crippen LogP contribution in [0, 0.1) is 17.0 Å². The van der Waals surface area contributed by atoms with Crippen LogP contribution in [0.1, 0.15) is 21.9 Å². The molecule has 4 aromatic rings. The molecule has 0 fully saturated rings. The van der Waals surface area contributed by atoms with Crippen molar-refractivity contribution in [2.24, 2.45) is 0 Å². The van der Waals surface area contributed by atoms with E-state index in [1.54, 1.807) is 24.3 Å². The lowest BCUT2D eigenvalue weighted by Crippen LogP contribution is -2.17. The predicted molar refractivity (Wildman–Crippen MR) is 121 cm³/mol. The third kappa shape index (κ3) is 4.45. The Morgan fingerprint density at radius 3 is 2.42 bits per heavy atom. The standard InChI is InChI=1S/C23H19NO5S2/c1-16-8-11-18(12-9-16)31(27,28)29-21-13-10-17-5-2-3-6-19(17)23(21)20(15-24(25)26)22-7-4-14-30-22/h2-14,20H,15H2,1H3/t20-/m0/s1. The van der Waals surface area contributed by atoms with E-state index in [4.69, 9.17) is 4.18 Å². The lowest BCUT2D eigenvalue weighted by atomic mass is 9.91. The molecule has 0 bridgehead atoms. The molecule has 0 aliphatic rings. The molecule has 0 amide bonds. The topological polar surface area (TPSA) is 86.5 Å². The van der Waals surface area contributed by atoms with Crippen LogP contribution in [0.15, 0.2) is 83.1 Å². The van der Waals surface area contributed by atoms with Crippen molar-refractivity contribution in [2.45, 2.75) is 17.7 Å². The third-order valence-corrected chi connectivity index (χ3v) is 7.24. The number of hydrogen-bond acceptors (Lipinski definition) is 6. The van der Waals surface area contributed by atoms with E-state index in [0.717, 1.165) is 21.2 Å². The van der Waals surface area contributed by atoms with Crippen LogP contribution >= 0.6 is 11.3 Å². The zero-order valence-electron chi connectivity index (χ0n) is 16.6. The highest BCUT2D eigenvalue weighted by Gasteiger charge is 2.29. The van der Waals surface area contributed by atoms with Gasteiger partial charge in [0.2, 0.25) is 6.54 Å². The molecular formula is C23H19NO5S2. The first-order chi connectivity index (χ1) is 14.8. The van der Waals surface area contributed by atoms with Crippen molar-refractivity contribution in [3.8, 4) is 5.75 Å². The van der Waals surface area contributed by atoms with Gasteiger partial charge in [0.25, 0.3) is 0 Å². The van der Waals surface area contributed by atoms with Crippen molar-refractivity contribution in [1.82, 2.24) is 0 Å². The Labute approximate surface area is 184 Å². The molecular weight excluding hydrogens is 434 g/mol. The number of rotatable bonds is 7. The fourth-order valence-corrected chi connectivity index (χ4v) is 5.32. The maximum atomic E-state index is 13.0. The van der Waals surface area contributed by atoms with Crippen molar-refractivity contribution in [3.63, 3.8) is 0 Å². The molecule has 1 aromatic heterocycles. The summed E-state index contributed by atoms with van der Waals surface area (Å²) in [4.78, 5) is 11.9. The Morgan fingerprint density at radius 1 is 1.00 bits per heavy atom. The van der Waals surface area contributed by atoms with Crippen molar-refractivity contribution in [2.75, 3.05) is 6.54 Å². The summed E-state index contributed by atoms with van der Waals surface area (Å²) in [7, 11) is -4.12. The molecule has 31 heavy (non-hydrogen) atoms. The molecule has 1 atom stereocenters. The Hall–Kier alpha value is -3.23. The Balaban J connectivity index is 1.90. The van der Waals surface area contributed by atoms with Crippen LogP contribution in [0.5, 0.6) is 5.75 Å². The zero-order chi connectivity index (χ0) is 22.0. The Bertz CT molecular complexity index is 1330. The number of thiophene rings is 1. The fourth-order valence-electron chi connectivity index (χ4n) is 3.54. The largest absolute Gasteiger partial charge is 0.379 e. The van der Waals surface area contributed by atoms with E-state index in [1.165, 1.54) is 23.5 Å². The van der Waals surface area contributed by atoms with E-state index < -0.39 is 16.0 Å². The molecule has 0 unspecified atom stereocenters. The minimum absolute atomic E-state index is 0.0270. The monoisotopic (exact) mass is 453 g/mol. The number of fused-ring (bicyclic) bond motifs is 1. The molecule has 0 saturated heterocycles. The summed E-state index contributed by atoms with van der Waals surface area (Å²) in [5.41, 5.74) is 1.42. The van der Waals surface area contributed by atoms with Gasteiger partial charge in [-0.25, -0.2) is 0 Å². The fraction of sp³-hybridized carbons (Fsp3) is 0.130. The van der Waals surface area contributed by atoms with Gasteiger partial charge in [-0.1, -0.05) is 54.1 Å². The quantitative estimate of drug-likeness (QED) is 0.213. The second-order valence-corrected chi connectivity index (χ2v) is 9.66. The van der Waals surface area contributed by atoms with Crippen molar-refractivity contribution < 1.29 is 17.5 Å². The minimum atomic E-state index is -4.12. The normalized spacial score (nSPS) is 12.5. The number of aryl methyl sites for hydroxylation is 1. The molecule has 1 heterocycles. The molecule has 0 N–H and O–H groups in total. The maximum absolute atomic E-state index is 13.0. The summed E-state index contributed by atoms with van der Waals surface area (Å²) in [5.74, 6) is -0.552. The SMILES string of the molecule is Cc1ccc(S(=O)(=O)Oc2ccc3ccccc3c2[C@@H](C[N+](=O)[O-])c2cccs2)cc1. The molecule has 0 radical (unpaired) electrons. The molecule has 4 rings (SSSR count). The number of nitrogens with zero attached hydrogens (tertiary/aromatic N) is 1. The van der Waals surface area contributed by atoms with E-state index in [9.17, 15) is 18.5 Å². The number of benzene rings is 3. The molecule has 158 valence electrons. The Morgan fingerprint density at radius 2 is 1.74 bits per heavy atom. The highest BCUT2D eigenvalue weighted by atomic mass is 32.2. The van der Waals surface area contributed by atoms with E-state index in [-0.39, 0.29) is 22.1 Å². The second kappa shape index (κ2) is 8.49. The van der Waals surface area contributed by atoms with Crippen molar-refractivity contribution >= 4 is 32.2 Å². The first-order valence-electron chi connectivity index (χ1n) is 9.53. The first-order valence-corrected chi connectivity index (χ1v) is 11.8. The lowest BCUT2D eigenvalue weighted by molar-refractivity contribution is -0.481. The Kier molecular flexibility index (Phi) is 5.75. The molecule has 6 nitrogen and oxygen atoms in total. The van der Waals surface area contributed by atoms with Crippen LogP contribution in [-0.2, 0) is 10.1 Å². The second-order valence-electron chi connectivity index (χ2n) is 7.13. The zero-order valence-corrected chi connectivity index (χ0v) is 18.2. The van der Waals surface area contributed by atoms with Gasteiger partial charge in [0.05, 0.1) is 5.92 Å². The van der Waals surface area contributed by atoms with E-state index in [0.29, 0.717) is 5.56 Å². The highest BCUT2D eigenvalue weighted by molar-refractivity contribution is 7.87. The maximum Gasteiger partial charge on any atom is 0.339 e. The highest BCUT2D eigenvalue weighted by Crippen LogP contribution is 2.40. The molecule has 0 aliphatic heterocycles. The van der Waals surface area contributed by atoms with Crippen molar-refractivity contribution in [3.05, 3.63) is 104 Å². The third-order valence-electron chi connectivity index (χ3n) is 5.01. The molecule has 0 aliphatic carbocycles. The summed E-state index contributed by atoms with van der Waals surface area (Å²) < 4.78 is 31.5. The molecule has 0 spiro atoms. The van der Waals surface area contributed by atoms with Crippen LogP contribution in [0.3, 0.4) is 0 Å². The van der Waals surface area contributed by atoms with Crippen LogP contribution < -0.4 is 4.18 Å². The average molecular weight is 454 g/mol. The molecule has 8 heteroatoms. The van der Waals surface area contributed by atoms with Gasteiger partial charge >= 0.3 is 10.1 Å². The number of hydrogen-bond donors (Lipinski definition) is 0. The van der Waals surface area contributed by atoms with Crippen LogP contribution in [0.4, 0.5) is 0 Å². The summed E-state index contributed by atoms with van der Waals surface area (Å²) in [6, 6.07) is 20.7. The summed E-state index contributed by atoms with van der Waals surface area (Å²) in [6.45, 7) is 1.48. The van der Waals surface area contributed by atoms with Gasteiger partial charge in [-0.05, 0) is 47.3 Å². The summed E-state index contributed by atoms with van der Waals surface area (Å²) in [6.07, 6.45) is 0. The van der Waals surface area contributed by atoms with Gasteiger partial charge in [0, 0.05) is 15.4 Å².